The lowest BCUT2D eigenvalue weighted by Crippen LogP contribution is -2.46. The summed E-state index contributed by atoms with van der Waals surface area (Å²) in [5.74, 6) is 0. The van der Waals surface area contributed by atoms with Crippen molar-refractivity contribution in [3.8, 4) is 0 Å². The minimum atomic E-state index is -2.30. The summed E-state index contributed by atoms with van der Waals surface area (Å²) in [6.45, 7) is 6.11. The Morgan fingerprint density at radius 2 is 1.40 bits per heavy atom. The van der Waals surface area contributed by atoms with Gasteiger partial charge in [-0.3, -0.25) is 0 Å². The van der Waals surface area contributed by atoms with E-state index in [0.717, 1.165) is 31.9 Å². The van der Waals surface area contributed by atoms with Crippen LogP contribution in [0, 0.1) is 0 Å². The molecule has 1 N–H and O–H groups in total. The molecule has 0 atom stereocenters. The van der Waals surface area contributed by atoms with E-state index in [2.05, 4.69) is 38.9 Å². The molecule has 2 saturated heterocycles. The maximum Gasteiger partial charge on any atom is 0.198 e. The Hall–Kier alpha value is -1.31. The minimum Gasteiger partial charge on any atom is -0.379 e. The fourth-order valence-corrected chi connectivity index (χ4v) is 8.07. The average Bonchev–Trinajstić information content (AvgIpc) is 2.81. The third-order valence-corrected chi connectivity index (χ3v) is 9.62. The molecule has 0 amide bonds. The number of nitrogens with one attached hydrogen (secondary N) is 1. The quantitative estimate of drug-likeness (QED) is 0.544. The third kappa shape index (κ3) is 4.94. The highest BCUT2D eigenvalue weighted by Gasteiger charge is 2.38. The Kier molecular flexibility index (Phi) is 7.55. The van der Waals surface area contributed by atoms with Gasteiger partial charge >= 0.3 is 0 Å². The molecule has 9 heteroatoms. The molecule has 4 rings (SSSR count). The minimum absolute atomic E-state index is 0.479. The fraction of sp³-hybridized carbons (Fsp3) is 0.381. The van der Waals surface area contributed by atoms with E-state index in [1.54, 1.807) is 0 Å². The second-order valence-electron chi connectivity index (χ2n) is 7.07. The molecule has 0 aromatic heterocycles. The predicted molar refractivity (Wildman–Crippen MR) is 128 cm³/mol. The summed E-state index contributed by atoms with van der Waals surface area (Å²) < 4.78 is 21.6. The van der Waals surface area contributed by atoms with Gasteiger partial charge in [-0.25, -0.2) is 14.1 Å². The van der Waals surface area contributed by atoms with Crippen LogP contribution in [0.25, 0.3) is 0 Å². The number of halogens is 1. The maximum absolute atomic E-state index is 6.02. The molecule has 0 unspecified atom stereocenters. The Balaban J connectivity index is 1.78. The first kappa shape index (κ1) is 21.9. The van der Waals surface area contributed by atoms with Crippen molar-refractivity contribution in [2.24, 2.45) is 4.74 Å². The largest absolute Gasteiger partial charge is 0.379 e. The molecule has 2 aromatic rings. The van der Waals surface area contributed by atoms with E-state index in [1.807, 2.05) is 30.3 Å². The van der Waals surface area contributed by atoms with E-state index in [4.69, 9.17) is 38.0 Å². The van der Waals surface area contributed by atoms with E-state index in [-0.39, 0.29) is 0 Å². The Bertz CT molecular complexity index is 879. The van der Waals surface area contributed by atoms with E-state index < -0.39 is 7.36 Å². The van der Waals surface area contributed by atoms with Crippen LogP contribution in [0.15, 0.2) is 59.3 Å². The number of hydrogen-bond acceptors (Lipinski definition) is 3. The summed E-state index contributed by atoms with van der Waals surface area (Å²) in [6, 6.07) is 18.1. The number of nitrogens with zero attached hydrogens (tertiary/aromatic N) is 3. The van der Waals surface area contributed by atoms with Gasteiger partial charge in [-0.2, -0.15) is 0 Å². The highest BCUT2D eigenvalue weighted by molar-refractivity contribution is 7.81. The fourth-order valence-electron chi connectivity index (χ4n) is 3.79. The molecule has 0 bridgehead atoms. The van der Waals surface area contributed by atoms with Gasteiger partial charge in [-0.1, -0.05) is 41.9 Å². The lowest BCUT2D eigenvalue weighted by molar-refractivity contribution is 0.0579. The summed E-state index contributed by atoms with van der Waals surface area (Å²) >= 11 is 11.8. The van der Waals surface area contributed by atoms with Crippen molar-refractivity contribution >= 4 is 47.3 Å². The smallest absolute Gasteiger partial charge is 0.198 e. The van der Waals surface area contributed by atoms with E-state index in [1.165, 1.54) is 5.30 Å². The van der Waals surface area contributed by atoms with Crippen LogP contribution >= 0.6 is 31.2 Å². The highest BCUT2D eigenvalue weighted by Crippen LogP contribution is 2.56. The zero-order valence-electron chi connectivity index (χ0n) is 16.7. The first-order valence-corrected chi connectivity index (χ1v) is 12.5. The summed E-state index contributed by atoms with van der Waals surface area (Å²) in [7, 11) is -2.30. The third-order valence-electron chi connectivity index (χ3n) is 5.19. The van der Waals surface area contributed by atoms with Crippen molar-refractivity contribution in [3.05, 3.63) is 59.6 Å². The van der Waals surface area contributed by atoms with Gasteiger partial charge in [-0.15, -0.1) is 0 Å². The van der Waals surface area contributed by atoms with Crippen molar-refractivity contribution in [2.75, 3.05) is 57.9 Å². The zero-order chi connectivity index (χ0) is 20.8. The normalized spacial score (nSPS) is 18.7. The van der Waals surface area contributed by atoms with Gasteiger partial charge in [0.15, 0.2) is 5.11 Å². The van der Waals surface area contributed by atoms with Crippen LogP contribution in [0.3, 0.4) is 0 Å². The molecule has 0 saturated carbocycles. The molecule has 0 spiro atoms. The Morgan fingerprint density at radius 3 is 1.93 bits per heavy atom. The van der Waals surface area contributed by atoms with Crippen molar-refractivity contribution < 1.29 is 9.47 Å². The number of hydrogen-bond donors (Lipinski definition) is 1. The van der Waals surface area contributed by atoms with E-state index >= 15 is 0 Å². The molecule has 2 aromatic carbocycles. The van der Waals surface area contributed by atoms with Crippen LogP contribution in [0.5, 0.6) is 0 Å². The van der Waals surface area contributed by atoms with Crippen molar-refractivity contribution in [1.29, 1.82) is 0 Å². The number of rotatable bonds is 4. The van der Waals surface area contributed by atoms with Gasteiger partial charge in [-0.05, 0) is 36.5 Å². The number of thiocarbonyl (C=S) groups is 1. The second-order valence-corrected chi connectivity index (χ2v) is 10.9. The van der Waals surface area contributed by atoms with Gasteiger partial charge in [0.2, 0.25) is 0 Å². The molecule has 160 valence electrons. The summed E-state index contributed by atoms with van der Waals surface area (Å²) in [5.41, 5.74) is 0.878. The summed E-state index contributed by atoms with van der Waals surface area (Å²) in [4.78, 5) is 0. The molecular formula is C21H26ClN4O2PS. The molecule has 2 aliphatic heterocycles. The van der Waals surface area contributed by atoms with Crippen LogP contribution in [0.4, 0.5) is 5.69 Å². The molecular weight excluding hydrogens is 439 g/mol. The van der Waals surface area contributed by atoms with Crippen molar-refractivity contribution in [2.45, 2.75) is 0 Å². The van der Waals surface area contributed by atoms with Gasteiger partial charge in [0.05, 0.1) is 26.4 Å². The second kappa shape index (κ2) is 10.3. The lowest BCUT2D eigenvalue weighted by atomic mass is 10.3. The van der Waals surface area contributed by atoms with Crippen LogP contribution < -0.4 is 10.6 Å². The summed E-state index contributed by atoms with van der Waals surface area (Å²) in [6.07, 6.45) is 0. The zero-order valence-corrected chi connectivity index (χ0v) is 19.2. The molecule has 6 nitrogen and oxygen atoms in total. The monoisotopic (exact) mass is 464 g/mol. The van der Waals surface area contributed by atoms with E-state index in [9.17, 15) is 0 Å². The number of benzene rings is 2. The first-order chi connectivity index (χ1) is 14.7. The van der Waals surface area contributed by atoms with E-state index in [0.29, 0.717) is 36.6 Å². The maximum atomic E-state index is 6.02. The SMILES string of the molecule is S=C(N=P(c1ccccc1)(N1CCOCC1)N1CCOCC1)Nc1ccc(Cl)cc1. The van der Waals surface area contributed by atoms with Gasteiger partial charge in [0.25, 0.3) is 0 Å². The number of ether oxygens (including phenoxy) is 2. The molecule has 0 radical (unpaired) electrons. The predicted octanol–water partition coefficient (Wildman–Crippen LogP) is 4.06. The standard InChI is InChI=1S/C21H26ClN4O2PS/c22-18-6-8-19(9-7-18)23-21(30)24-29(20-4-2-1-3-5-20,25-10-14-27-15-11-25)26-12-16-28-17-13-26/h1-9H,10-17H2,(H,23,30). The number of anilines is 1. The summed E-state index contributed by atoms with van der Waals surface area (Å²) in [5, 5.41) is 5.66. The van der Waals surface area contributed by atoms with Crippen molar-refractivity contribution in [3.63, 3.8) is 0 Å². The molecule has 2 fully saturated rings. The molecule has 0 aliphatic carbocycles. The van der Waals surface area contributed by atoms with Crippen LogP contribution in [0.2, 0.25) is 5.02 Å². The van der Waals surface area contributed by atoms with Crippen molar-refractivity contribution in [1.82, 2.24) is 9.34 Å². The average molecular weight is 465 g/mol. The molecule has 2 aliphatic rings. The van der Waals surface area contributed by atoms with Crippen LogP contribution in [-0.2, 0) is 9.47 Å². The lowest BCUT2D eigenvalue weighted by Gasteiger charge is -2.46. The topological polar surface area (TPSA) is 49.3 Å². The van der Waals surface area contributed by atoms with Gasteiger partial charge in [0, 0.05) is 42.2 Å². The molecule has 2 heterocycles. The van der Waals surface area contributed by atoms with Crippen LogP contribution in [0.1, 0.15) is 0 Å². The van der Waals surface area contributed by atoms with Gasteiger partial charge in [0.1, 0.15) is 7.36 Å². The first-order valence-electron chi connectivity index (χ1n) is 10.1. The van der Waals surface area contributed by atoms with Crippen LogP contribution in [-0.4, -0.2) is 67.1 Å². The Labute approximate surface area is 188 Å². The highest BCUT2D eigenvalue weighted by atomic mass is 35.5. The Morgan fingerprint density at radius 1 is 0.867 bits per heavy atom. The number of morpholine rings is 2. The molecule has 30 heavy (non-hydrogen) atoms. The van der Waals surface area contributed by atoms with Gasteiger partial charge < -0.3 is 14.8 Å².